The van der Waals surface area contributed by atoms with Gasteiger partial charge in [-0.2, -0.15) is 5.26 Å². The van der Waals surface area contributed by atoms with E-state index in [0.29, 0.717) is 18.5 Å². The maximum atomic E-state index is 14.2. The first-order chi connectivity index (χ1) is 13.9. The molecule has 29 heavy (non-hydrogen) atoms. The number of hydrogen-bond donors (Lipinski definition) is 2. The van der Waals surface area contributed by atoms with Crippen LogP contribution in [0.15, 0.2) is 41.2 Å². The highest BCUT2D eigenvalue weighted by Crippen LogP contribution is 2.48. The zero-order valence-corrected chi connectivity index (χ0v) is 15.4. The van der Waals surface area contributed by atoms with Crippen molar-refractivity contribution < 1.29 is 13.6 Å². The van der Waals surface area contributed by atoms with Crippen LogP contribution < -0.4 is 10.9 Å². The predicted molar refractivity (Wildman–Crippen MR) is 101 cm³/mol. The molecule has 1 atom stereocenters. The van der Waals surface area contributed by atoms with Gasteiger partial charge in [0, 0.05) is 10.9 Å². The quantitative estimate of drug-likeness (QED) is 0.711. The largest absolute Gasteiger partial charge is 0.347 e. The number of pyridine rings is 2. The number of nitrogens with one attached hydrogen (secondary N) is 2. The molecule has 0 unspecified atom stereocenters. The molecule has 0 spiro atoms. The number of amides is 1. The second kappa shape index (κ2) is 6.78. The van der Waals surface area contributed by atoms with Gasteiger partial charge in [0.2, 0.25) is 5.91 Å². The van der Waals surface area contributed by atoms with E-state index in [9.17, 15) is 18.4 Å². The van der Waals surface area contributed by atoms with E-state index >= 15 is 0 Å². The lowest BCUT2D eigenvalue weighted by molar-refractivity contribution is -0.124. The predicted octanol–water partition coefficient (Wildman–Crippen LogP) is 2.98. The van der Waals surface area contributed by atoms with Crippen molar-refractivity contribution in [3.63, 3.8) is 0 Å². The Morgan fingerprint density at radius 1 is 1.31 bits per heavy atom. The molecule has 1 aliphatic rings. The van der Waals surface area contributed by atoms with Gasteiger partial charge in [-0.05, 0) is 50.1 Å². The molecule has 0 saturated heterocycles. The van der Waals surface area contributed by atoms with Crippen molar-refractivity contribution in [3.05, 3.63) is 75.3 Å². The number of fused-ring (bicyclic) bond motifs is 1. The number of carbonyl (C=O) groups is 1. The average molecular weight is 394 g/mol. The van der Waals surface area contributed by atoms with E-state index in [0.717, 1.165) is 6.07 Å². The zero-order valence-electron chi connectivity index (χ0n) is 15.4. The van der Waals surface area contributed by atoms with Crippen molar-refractivity contribution in [1.82, 2.24) is 15.3 Å². The summed E-state index contributed by atoms with van der Waals surface area (Å²) >= 11 is 0. The number of H-pyrrole nitrogens is 1. The van der Waals surface area contributed by atoms with Crippen LogP contribution in [0.5, 0.6) is 0 Å². The molecule has 0 bridgehead atoms. The van der Waals surface area contributed by atoms with Gasteiger partial charge in [-0.25, -0.2) is 13.8 Å². The van der Waals surface area contributed by atoms with Crippen LogP contribution >= 0.6 is 0 Å². The minimum Gasteiger partial charge on any atom is -0.347 e. The minimum absolute atomic E-state index is 0.0740. The number of benzene rings is 1. The fourth-order valence-corrected chi connectivity index (χ4v) is 3.48. The zero-order chi connectivity index (χ0) is 20.8. The number of halogens is 2. The number of aromatic nitrogens is 2. The molecule has 0 radical (unpaired) electrons. The molecule has 1 fully saturated rings. The summed E-state index contributed by atoms with van der Waals surface area (Å²) in [5.74, 6) is -2.49. The van der Waals surface area contributed by atoms with Gasteiger partial charge in [0.05, 0.1) is 22.7 Å². The van der Waals surface area contributed by atoms with Crippen LogP contribution in [-0.4, -0.2) is 15.9 Å². The van der Waals surface area contributed by atoms with Crippen LogP contribution in [0.25, 0.3) is 10.9 Å². The molecule has 2 N–H and O–H groups in total. The molecule has 1 aliphatic carbocycles. The number of aromatic amines is 1. The Hall–Kier alpha value is -3.60. The molecule has 1 aromatic carbocycles. The standard InChI is InChI=1S/C21H16F2N4O2/c1-11(16-4-2-3-12(10-24)26-16)25-20(29)21(7-8-21)14-9-13-17(27-19(14)28)6-5-15(22)18(13)23/h2-6,9,11H,7-8H2,1H3,(H,25,29)(H,27,28)/t11-/m1/s1. The van der Waals surface area contributed by atoms with Gasteiger partial charge in [0.1, 0.15) is 11.8 Å². The van der Waals surface area contributed by atoms with E-state index in [4.69, 9.17) is 5.26 Å². The highest BCUT2D eigenvalue weighted by Gasteiger charge is 2.53. The molecule has 4 rings (SSSR count). The molecule has 6 nitrogen and oxygen atoms in total. The topological polar surface area (TPSA) is 98.6 Å². The van der Waals surface area contributed by atoms with Crippen molar-refractivity contribution >= 4 is 16.8 Å². The molecule has 2 aromatic heterocycles. The second-order valence-corrected chi connectivity index (χ2v) is 7.17. The third-order valence-corrected chi connectivity index (χ3v) is 5.29. The minimum atomic E-state index is -1.10. The van der Waals surface area contributed by atoms with Crippen LogP contribution in [0, 0.1) is 23.0 Å². The number of hydrogen-bond acceptors (Lipinski definition) is 4. The molecule has 1 amide bonds. The summed E-state index contributed by atoms with van der Waals surface area (Å²) in [6.07, 6.45) is 0.839. The summed E-state index contributed by atoms with van der Waals surface area (Å²) in [5.41, 5.74) is -0.588. The second-order valence-electron chi connectivity index (χ2n) is 7.17. The maximum absolute atomic E-state index is 14.2. The van der Waals surface area contributed by atoms with Crippen LogP contribution in [0.1, 0.15) is 42.8 Å². The highest BCUT2D eigenvalue weighted by molar-refractivity contribution is 5.93. The molecule has 8 heteroatoms. The van der Waals surface area contributed by atoms with Crippen molar-refractivity contribution in [1.29, 1.82) is 5.26 Å². The van der Waals surface area contributed by atoms with E-state index in [1.165, 1.54) is 12.1 Å². The Morgan fingerprint density at radius 2 is 2.07 bits per heavy atom. The monoisotopic (exact) mass is 394 g/mol. The van der Waals surface area contributed by atoms with Gasteiger partial charge in [0.15, 0.2) is 11.6 Å². The first kappa shape index (κ1) is 18.7. The lowest BCUT2D eigenvalue weighted by Crippen LogP contribution is -2.39. The molecule has 3 aromatic rings. The average Bonchev–Trinajstić information content (AvgIpc) is 3.52. The van der Waals surface area contributed by atoms with E-state index in [1.807, 2.05) is 6.07 Å². The lowest BCUT2D eigenvalue weighted by atomic mass is 9.94. The summed E-state index contributed by atoms with van der Waals surface area (Å²) in [7, 11) is 0. The third-order valence-electron chi connectivity index (χ3n) is 5.29. The Kier molecular flexibility index (Phi) is 4.38. The van der Waals surface area contributed by atoms with Gasteiger partial charge >= 0.3 is 0 Å². The summed E-state index contributed by atoms with van der Waals surface area (Å²) in [6, 6.07) is 9.85. The normalized spacial score (nSPS) is 15.5. The highest BCUT2D eigenvalue weighted by atomic mass is 19.2. The van der Waals surface area contributed by atoms with Gasteiger partial charge in [-0.3, -0.25) is 9.59 Å². The Balaban J connectivity index is 1.67. The Morgan fingerprint density at radius 3 is 2.76 bits per heavy atom. The van der Waals surface area contributed by atoms with Crippen molar-refractivity contribution in [3.8, 4) is 6.07 Å². The van der Waals surface area contributed by atoms with Crippen LogP contribution in [-0.2, 0) is 10.2 Å². The number of nitrogens with zero attached hydrogens (tertiary/aromatic N) is 2. The SMILES string of the molecule is C[C@@H](NC(=O)C1(c2cc3c(F)c(F)ccc3[nH]c2=O)CC1)c1cccc(C#N)n1. The third kappa shape index (κ3) is 3.14. The van der Waals surface area contributed by atoms with Crippen molar-refractivity contribution in [2.24, 2.45) is 0 Å². The van der Waals surface area contributed by atoms with E-state index in [2.05, 4.69) is 15.3 Å². The van der Waals surface area contributed by atoms with Crippen molar-refractivity contribution in [2.45, 2.75) is 31.2 Å². The van der Waals surface area contributed by atoms with Gasteiger partial charge in [-0.15, -0.1) is 0 Å². The molecule has 146 valence electrons. The van der Waals surface area contributed by atoms with E-state index in [1.54, 1.807) is 25.1 Å². The number of carbonyl (C=O) groups excluding carboxylic acids is 1. The smallest absolute Gasteiger partial charge is 0.252 e. The fraction of sp³-hybridized carbons (Fsp3) is 0.238. The van der Waals surface area contributed by atoms with E-state index in [-0.39, 0.29) is 22.2 Å². The molecular formula is C21H16F2N4O2. The Labute approximate surface area is 164 Å². The molecule has 1 saturated carbocycles. The van der Waals surface area contributed by atoms with Gasteiger partial charge in [-0.1, -0.05) is 6.07 Å². The maximum Gasteiger partial charge on any atom is 0.252 e. The van der Waals surface area contributed by atoms with Crippen LogP contribution in [0.3, 0.4) is 0 Å². The number of rotatable bonds is 4. The lowest BCUT2D eigenvalue weighted by Gasteiger charge is -2.20. The van der Waals surface area contributed by atoms with Gasteiger partial charge in [0.25, 0.3) is 5.56 Å². The first-order valence-corrected chi connectivity index (χ1v) is 9.05. The molecular weight excluding hydrogens is 378 g/mol. The summed E-state index contributed by atoms with van der Waals surface area (Å²) in [5, 5.41) is 11.7. The Bertz CT molecular complexity index is 1240. The first-order valence-electron chi connectivity index (χ1n) is 9.05. The fourth-order valence-electron chi connectivity index (χ4n) is 3.48. The van der Waals surface area contributed by atoms with Crippen molar-refractivity contribution in [2.75, 3.05) is 0 Å². The molecule has 0 aliphatic heterocycles. The molecule has 2 heterocycles. The number of nitriles is 1. The van der Waals surface area contributed by atoms with Crippen LogP contribution in [0.4, 0.5) is 8.78 Å². The summed E-state index contributed by atoms with van der Waals surface area (Å²) < 4.78 is 27.8. The summed E-state index contributed by atoms with van der Waals surface area (Å²) in [4.78, 5) is 32.2. The summed E-state index contributed by atoms with van der Waals surface area (Å²) in [6.45, 7) is 1.72. The van der Waals surface area contributed by atoms with Gasteiger partial charge < -0.3 is 10.3 Å². The van der Waals surface area contributed by atoms with Crippen LogP contribution in [0.2, 0.25) is 0 Å². The van der Waals surface area contributed by atoms with E-state index < -0.39 is 34.6 Å².